The van der Waals surface area contributed by atoms with Crippen LogP contribution >= 0.6 is 11.3 Å². The van der Waals surface area contributed by atoms with E-state index in [4.69, 9.17) is 0 Å². The predicted molar refractivity (Wildman–Crippen MR) is 80.5 cm³/mol. The smallest absolute Gasteiger partial charge is 0.330 e. The van der Waals surface area contributed by atoms with E-state index in [1.165, 1.54) is 11.3 Å². The Bertz CT molecular complexity index is 652. The van der Waals surface area contributed by atoms with Gasteiger partial charge in [0.2, 0.25) is 0 Å². The number of hydrogen-bond donors (Lipinski definition) is 2. The van der Waals surface area contributed by atoms with Crippen LogP contribution in [0.25, 0.3) is 0 Å². The number of aryl methyl sites for hydroxylation is 2. The Morgan fingerprint density at radius 1 is 1.33 bits per heavy atom. The molecule has 0 bridgehead atoms. The first-order valence-corrected chi connectivity index (χ1v) is 7.39. The van der Waals surface area contributed by atoms with Crippen LogP contribution in [0.3, 0.4) is 0 Å². The first-order valence-electron chi connectivity index (χ1n) is 6.57. The van der Waals surface area contributed by atoms with Crippen LogP contribution < -0.4 is 5.32 Å². The Hall–Kier alpha value is -2.21. The maximum absolute atomic E-state index is 12.3. The van der Waals surface area contributed by atoms with Gasteiger partial charge in [0.25, 0.3) is 5.91 Å². The minimum atomic E-state index is -1.09. The van der Waals surface area contributed by atoms with E-state index < -0.39 is 17.9 Å². The number of rotatable bonds is 5. The molecule has 0 spiro atoms. The summed E-state index contributed by atoms with van der Waals surface area (Å²) in [5.41, 5.74) is 1.17. The van der Waals surface area contributed by atoms with Gasteiger partial charge in [-0.15, -0.1) is 11.3 Å². The zero-order chi connectivity index (χ0) is 15.4. The van der Waals surface area contributed by atoms with Crippen molar-refractivity contribution < 1.29 is 14.7 Å². The second-order valence-electron chi connectivity index (χ2n) is 4.53. The number of carbonyl (C=O) groups is 2. The number of nitrogens with zero attached hydrogens (tertiary/aromatic N) is 1. The van der Waals surface area contributed by atoms with E-state index in [0.717, 1.165) is 11.4 Å². The number of hydrogen-bond acceptors (Lipinski definition) is 4. The molecule has 0 radical (unpaired) electrons. The highest BCUT2D eigenvalue weighted by Gasteiger charge is 2.24. The quantitative estimate of drug-likeness (QED) is 0.889. The van der Waals surface area contributed by atoms with Crippen LogP contribution in [-0.2, 0) is 11.2 Å². The van der Waals surface area contributed by atoms with Gasteiger partial charge in [0, 0.05) is 0 Å². The molecule has 6 heteroatoms. The monoisotopic (exact) mass is 304 g/mol. The average molecular weight is 304 g/mol. The number of carboxylic acid groups (broad SMARTS) is 1. The third-order valence-corrected chi connectivity index (χ3v) is 4.31. The molecular weight excluding hydrogens is 288 g/mol. The fraction of sp³-hybridized carbons (Fsp3) is 0.267. The average Bonchev–Trinajstić information content (AvgIpc) is 2.86. The lowest BCUT2D eigenvalue weighted by molar-refractivity contribution is -0.139. The van der Waals surface area contributed by atoms with Crippen LogP contribution in [-0.4, -0.2) is 22.0 Å². The van der Waals surface area contributed by atoms with Crippen LogP contribution in [0.15, 0.2) is 30.3 Å². The van der Waals surface area contributed by atoms with Crippen molar-refractivity contribution in [3.05, 3.63) is 51.5 Å². The van der Waals surface area contributed by atoms with Gasteiger partial charge in [-0.3, -0.25) is 4.79 Å². The molecule has 1 aromatic heterocycles. The number of carboxylic acids is 1. The van der Waals surface area contributed by atoms with Crippen LogP contribution in [0.5, 0.6) is 0 Å². The summed E-state index contributed by atoms with van der Waals surface area (Å²) in [6.07, 6.45) is 0.750. The number of aromatic nitrogens is 1. The summed E-state index contributed by atoms with van der Waals surface area (Å²) in [4.78, 5) is 28.4. The summed E-state index contributed by atoms with van der Waals surface area (Å²) < 4.78 is 0. The van der Waals surface area contributed by atoms with Crippen LogP contribution in [0.2, 0.25) is 0 Å². The van der Waals surface area contributed by atoms with Crippen molar-refractivity contribution in [1.82, 2.24) is 10.3 Å². The Labute approximate surface area is 126 Å². The molecule has 110 valence electrons. The zero-order valence-corrected chi connectivity index (χ0v) is 12.6. The molecule has 21 heavy (non-hydrogen) atoms. The van der Waals surface area contributed by atoms with Crippen molar-refractivity contribution >= 4 is 23.2 Å². The summed E-state index contributed by atoms with van der Waals surface area (Å²) in [5, 5.41) is 12.7. The summed E-state index contributed by atoms with van der Waals surface area (Å²) in [6, 6.07) is 7.57. The Kier molecular flexibility index (Phi) is 4.70. The minimum Gasteiger partial charge on any atom is -0.479 e. The molecule has 0 aliphatic heterocycles. The molecule has 0 saturated carbocycles. The molecule has 2 N–H and O–H groups in total. The van der Waals surface area contributed by atoms with Crippen molar-refractivity contribution in [3.8, 4) is 0 Å². The van der Waals surface area contributed by atoms with Gasteiger partial charge in [0.1, 0.15) is 4.88 Å². The van der Waals surface area contributed by atoms with Gasteiger partial charge in [-0.2, -0.15) is 0 Å². The number of thiazole rings is 1. The van der Waals surface area contributed by atoms with Gasteiger partial charge in [0.15, 0.2) is 6.04 Å². The highest BCUT2D eigenvalue weighted by Crippen LogP contribution is 2.20. The molecule has 1 unspecified atom stereocenters. The zero-order valence-electron chi connectivity index (χ0n) is 11.8. The summed E-state index contributed by atoms with van der Waals surface area (Å²) in [7, 11) is 0. The van der Waals surface area contributed by atoms with E-state index in [0.29, 0.717) is 16.1 Å². The van der Waals surface area contributed by atoms with Crippen molar-refractivity contribution in [3.63, 3.8) is 0 Å². The molecule has 2 rings (SSSR count). The molecular formula is C15H16N2O3S. The highest BCUT2D eigenvalue weighted by atomic mass is 32.1. The van der Waals surface area contributed by atoms with E-state index >= 15 is 0 Å². The molecule has 1 heterocycles. The number of carbonyl (C=O) groups excluding carboxylic acids is 1. The lowest BCUT2D eigenvalue weighted by Crippen LogP contribution is -2.33. The predicted octanol–water partition coefficient (Wildman–Crippen LogP) is 2.57. The third kappa shape index (κ3) is 3.46. The molecule has 0 aliphatic carbocycles. The normalized spacial score (nSPS) is 11.9. The van der Waals surface area contributed by atoms with E-state index in [9.17, 15) is 14.7 Å². The maximum atomic E-state index is 12.3. The molecule has 0 fully saturated rings. The molecule has 1 aromatic carbocycles. The molecule has 5 nitrogen and oxygen atoms in total. The lowest BCUT2D eigenvalue weighted by Gasteiger charge is -2.14. The van der Waals surface area contributed by atoms with E-state index in [1.54, 1.807) is 37.3 Å². The lowest BCUT2D eigenvalue weighted by atomic mass is 10.1. The SMILES string of the molecule is CCc1nc(C)c(C(=O)NC(C(=O)O)c2ccccc2)s1. The van der Waals surface area contributed by atoms with E-state index in [1.807, 2.05) is 6.92 Å². The number of aliphatic carboxylic acids is 1. The van der Waals surface area contributed by atoms with E-state index in [-0.39, 0.29) is 0 Å². The fourth-order valence-corrected chi connectivity index (χ4v) is 2.85. The van der Waals surface area contributed by atoms with Crippen LogP contribution in [0.4, 0.5) is 0 Å². The van der Waals surface area contributed by atoms with Crippen molar-refractivity contribution in [2.24, 2.45) is 0 Å². The summed E-state index contributed by atoms with van der Waals surface area (Å²) in [6.45, 7) is 3.72. The molecule has 2 aromatic rings. The summed E-state index contributed by atoms with van der Waals surface area (Å²) >= 11 is 1.30. The Balaban J connectivity index is 2.23. The highest BCUT2D eigenvalue weighted by molar-refractivity contribution is 7.13. The largest absolute Gasteiger partial charge is 0.479 e. The second-order valence-corrected chi connectivity index (χ2v) is 5.61. The van der Waals surface area contributed by atoms with Crippen LogP contribution in [0, 0.1) is 6.92 Å². The summed E-state index contributed by atoms with van der Waals surface area (Å²) in [5.74, 6) is -1.49. The van der Waals surface area contributed by atoms with Gasteiger partial charge in [-0.05, 0) is 18.9 Å². The van der Waals surface area contributed by atoms with Gasteiger partial charge in [0.05, 0.1) is 10.7 Å². The van der Waals surface area contributed by atoms with Crippen LogP contribution in [0.1, 0.15) is 38.9 Å². The Morgan fingerprint density at radius 2 is 2.00 bits per heavy atom. The van der Waals surface area contributed by atoms with E-state index in [2.05, 4.69) is 10.3 Å². The van der Waals surface area contributed by atoms with Crippen molar-refractivity contribution in [2.75, 3.05) is 0 Å². The maximum Gasteiger partial charge on any atom is 0.330 e. The molecule has 0 saturated heterocycles. The molecule has 1 amide bonds. The molecule has 0 aliphatic rings. The number of benzene rings is 1. The third-order valence-electron chi connectivity index (χ3n) is 3.00. The van der Waals surface area contributed by atoms with Gasteiger partial charge in [-0.25, -0.2) is 9.78 Å². The molecule has 1 atom stereocenters. The standard InChI is InChI=1S/C15H16N2O3S/c1-3-11-16-9(2)13(21-11)14(18)17-12(15(19)20)10-7-5-4-6-8-10/h4-8,12H,3H2,1-2H3,(H,17,18)(H,19,20). The topological polar surface area (TPSA) is 79.3 Å². The van der Waals surface area contributed by atoms with Gasteiger partial charge >= 0.3 is 5.97 Å². The van der Waals surface area contributed by atoms with Gasteiger partial charge < -0.3 is 10.4 Å². The van der Waals surface area contributed by atoms with Crippen molar-refractivity contribution in [2.45, 2.75) is 26.3 Å². The minimum absolute atomic E-state index is 0.402. The second kappa shape index (κ2) is 6.49. The fourth-order valence-electron chi connectivity index (χ4n) is 1.94. The Morgan fingerprint density at radius 3 is 2.52 bits per heavy atom. The van der Waals surface area contributed by atoms with Gasteiger partial charge in [-0.1, -0.05) is 37.3 Å². The number of amides is 1. The van der Waals surface area contributed by atoms with Crippen molar-refractivity contribution in [1.29, 1.82) is 0 Å². The number of nitrogens with one attached hydrogen (secondary N) is 1. The first-order chi connectivity index (χ1) is 10.0. The first kappa shape index (κ1) is 15.2.